The van der Waals surface area contributed by atoms with Crippen molar-refractivity contribution in [1.82, 2.24) is 20.0 Å². The molecule has 1 aliphatic heterocycles. The highest BCUT2D eigenvalue weighted by atomic mass is 16.2. The van der Waals surface area contributed by atoms with Crippen LogP contribution in [0.15, 0.2) is 54.6 Å². The first kappa shape index (κ1) is 21.4. The normalized spacial score (nSPS) is 21.1. The molecule has 1 aromatic heterocycles. The van der Waals surface area contributed by atoms with Crippen molar-refractivity contribution in [3.8, 4) is 11.1 Å². The Balaban J connectivity index is 1.36. The minimum absolute atomic E-state index is 0.0242. The second-order valence-electron chi connectivity index (χ2n) is 9.30. The topological polar surface area (TPSA) is 67.2 Å². The number of carbonyl (C=O) groups excluding carboxylic acids is 2. The molecule has 2 heterocycles. The van der Waals surface area contributed by atoms with Crippen LogP contribution in [-0.4, -0.2) is 45.6 Å². The number of carbonyl (C=O) groups is 2. The van der Waals surface area contributed by atoms with Gasteiger partial charge in [-0.2, -0.15) is 5.10 Å². The fourth-order valence-electron chi connectivity index (χ4n) is 5.21. The smallest absolute Gasteiger partial charge is 0.269 e. The highest BCUT2D eigenvalue weighted by molar-refractivity contribution is 6.01. The molecule has 2 aliphatic rings. The van der Waals surface area contributed by atoms with Gasteiger partial charge in [0.05, 0.1) is 11.7 Å². The summed E-state index contributed by atoms with van der Waals surface area (Å²) >= 11 is 0. The molecule has 5 rings (SSSR count). The SMILES string of the molecule is CCn1nc(C)cc1C(=O)NC[C@@H]1[C@H]2C[C@H]2CN1C(=O)c1ccccc1-c1cccc(C)c1. The van der Waals surface area contributed by atoms with Gasteiger partial charge < -0.3 is 10.2 Å². The van der Waals surface area contributed by atoms with Crippen molar-refractivity contribution in [3.05, 3.63) is 77.1 Å². The Morgan fingerprint density at radius 1 is 1.09 bits per heavy atom. The predicted molar refractivity (Wildman–Crippen MR) is 128 cm³/mol. The summed E-state index contributed by atoms with van der Waals surface area (Å²) in [5.74, 6) is 0.936. The molecule has 0 radical (unpaired) electrons. The van der Waals surface area contributed by atoms with E-state index in [4.69, 9.17) is 0 Å². The molecule has 0 unspecified atom stereocenters. The van der Waals surface area contributed by atoms with Crippen molar-refractivity contribution in [2.45, 2.75) is 39.8 Å². The van der Waals surface area contributed by atoms with Crippen molar-refractivity contribution in [2.75, 3.05) is 13.1 Å². The molecule has 1 aliphatic carbocycles. The standard InChI is InChI=1S/C27H30N4O2/c1-4-31-24(13-18(3)29-31)26(32)28-15-25-23-14-20(23)16-30(25)27(33)22-11-6-5-10-21(22)19-9-7-8-17(2)12-19/h5-13,20,23,25H,4,14-16H2,1-3H3,(H,28,32)/t20-,23-,25+/m0/s1. The summed E-state index contributed by atoms with van der Waals surface area (Å²) in [6.07, 6.45) is 1.13. The molecule has 33 heavy (non-hydrogen) atoms. The van der Waals surface area contributed by atoms with Gasteiger partial charge in [-0.15, -0.1) is 0 Å². The molecule has 1 saturated carbocycles. The number of hydrogen-bond donors (Lipinski definition) is 1. The van der Waals surface area contributed by atoms with E-state index < -0.39 is 0 Å². The molecule has 2 amide bonds. The number of benzene rings is 2. The third kappa shape index (κ3) is 4.06. The van der Waals surface area contributed by atoms with Crippen LogP contribution < -0.4 is 5.32 Å². The molecule has 1 N–H and O–H groups in total. The van der Waals surface area contributed by atoms with Crippen LogP contribution in [0.5, 0.6) is 0 Å². The molecule has 0 spiro atoms. The minimum Gasteiger partial charge on any atom is -0.349 e. The van der Waals surface area contributed by atoms with Crippen LogP contribution in [0.25, 0.3) is 11.1 Å². The van der Waals surface area contributed by atoms with Crippen LogP contribution in [0.1, 0.15) is 45.4 Å². The summed E-state index contributed by atoms with van der Waals surface area (Å²) in [6, 6.07) is 17.9. The molecule has 6 heteroatoms. The highest BCUT2D eigenvalue weighted by Crippen LogP contribution is 2.50. The lowest BCUT2D eigenvalue weighted by atomic mass is 9.97. The highest BCUT2D eigenvalue weighted by Gasteiger charge is 2.54. The molecule has 1 saturated heterocycles. The van der Waals surface area contributed by atoms with Gasteiger partial charge in [-0.1, -0.05) is 48.0 Å². The Labute approximate surface area is 194 Å². The van der Waals surface area contributed by atoms with Crippen LogP contribution in [0.4, 0.5) is 0 Å². The number of likely N-dealkylation sites (tertiary alicyclic amines) is 1. The molecule has 3 atom stereocenters. The molecule has 2 fully saturated rings. The van der Waals surface area contributed by atoms with Crippen molar-refractivity contribution >= 4 is 11.8 Å². The van der Waals surface area contributed by atoms with Gasteiger partial charge in [0.15, 0.2) is 0 Å². The van der Waals surface area contributed by atoms with Crippen molar-refractivity contribution in [2.24, 2.45) is 11.8 Å². The number of aryl methyl sites for hydroxylation is 3. The van der Waals surface area contributed by atoms with E-state index in [1.165, 1.54) is 5.56 Å². The second-order valence-corrected chi connectivity index (χ2v) is 9.30. The van der Waals surface area contributed by atoms with Crippen LogP contribution in [0, 0.1) is 25.7 Å². The zero-order valence-electron chi connectivity index (χ0n) is 19.4. The number of fused-ring (bicyclic) bond motifs is 1. The fourth-order valence-corrected chi connectivity index (χ4v) is 5.21. The first-order chi connectivity index (χ1) is 16.0. The minimum atomic E-state index is -0.130. The summed E-state index contributed by atoms with van der Waals surface area (Å²) in [6.45, 7) is 7.80. The first-order valence-electron chi connectivity index (χ1n) is 11.8. The van der Waals surface area contributed by atoms with Gasteiger partial charge in [-0.25, -0.2) is 0 Å². The molecule has 0 bridgehead atoms. The van der Waals surface area contributed by atoms with Crippen LogP contribution in [0.2, 0.25) is 0 Å². The van der Waals surface area contributed by atoms with Crippen molar-refractivity contribution in [3.63, 3.8) is 0 Å². The summed E-state index contributed by atoms with van der Waals surface area (Å²) in [4.78, 5) is 28.6. The van der Waals surface area contributed by atoms with E-state index in [9.17, 15) is 9.59 Å². The van der Waals surface area contributed by atoms with Gasteiger partial charge in [-0.05, 0) is 62.3 Å². The Morgan fingerprint density at radius 3 is 2.70 bits per heavy atom. The summed E-state index contributed by atoms with van der Waals surface area (Å²) in [5, 5.41) is 7.45. The quantitative estimate of drug-likeness (QED) is 0.626. The van der Waals surface area contributed by atoms with Gasteiger partial charge in [0.1, 0.15) is 5.69 Å². The number of nitrogens with one attached hydrogen (secondary N) is 1. The van der Waals surface area contributed by atoms with Crippen LogP contribution >= 0.6 is 0 Å². The average Bonchev–Trinajstić information content (AvgIpc) is 3.34. The Kier molecular flexibility index (Phi) is 5.52. The number of amides is 2. The Bertz CT molecular complexity index is 1210. The van der Waals surface area contributed by atoms with Crippen LogP contribution in [-0.2, 0) is 6.54 Å². The number of nitrogens with zero attached hydrogens (tertiary/aromatic N) is 3. The summed E-state index contributed by atoms with van der Waals surface area (Å²) < 4.78 is 1.72. The number of aromatic nitrogens is 2. The lowest BCUT2D eigenvalue weighted by Crippen LogP contribution is -2.46. The first-order valence-corrected chi connectivity index (χ1v) is 11.8. The molecule has 6 nitrogen and oxygen atoms in total. The zero-order valence-corrected chi connectivity index (χ0v) is 19.4. The summed E-state index contributed by atoms with van der Waals surface area (Å²) in [7, 11) is 0. The molecule has 3 aromatic rings. The van der Waals surface area contributed by atoms with Gasteiger partial charge in [0.25, 0.3) is 11.8 Å². The molecule has 170 valence electrons. The van der Waals surface area contributed by atoms with Gasteiger partial charge in [-0.3, -0.25) is 14.3 Å². The van der Waals surface area contributed by atoms with Crippen LogP contribution in [0.3, 0.4) is 0 Å². The third-order valence-electron chi connectivity index (χ3n) is 6.96. The largest absolute Gasteiger partial charge is 0.349 e. The van der Waals surface area contributed by atoms with Gasteiger partial charge in [0, 0.05) is 25.2 Å². The second kappa shape index (κ2) is 8.50. The van der Waals surface area contributed by atoms with E-state index >= 15 is 0 Å². The molecule has 2 aromatic carbocycles. The zero-order chi connectivity index (χ0) is 23.1. The van der Waals surface area contributed by atoms with E-state index in [-0.39, 0.29) is 17.9 Å². The van der Waals surface area contributed by atoms with E-state index in [1.54, 1.807) is 4.68 Å². The maximum Gasteiger partial charge on any atom is 0.269 e. The Morgan fingerprint density at radius 2 is 1.91 bits per heavy atom. The average molecular weight is 443 g/mol. The molecular weight excluding hydrogens is 412 g/mol. The van der Waals surface area contributed by atoms with Crippen molar-refractivity contribution < 1.29 is 9.59 Å². The van der Waals surface area contributed by atoms with E-state index in [2.05, 4.69) is 35.5 Å². The maximum absolute atomic E-state index is 13.7. The van der Waals surface area contributed by atoms with Gasteiger partial charge in [0.2, 0.25) is 0 Å². The van der Waals surface area contributed by atoms with E-state index in [1.807, 2.05) is 55.1 Å². The molecular formula is C27H30N4O2. The third-order valence-corrected chi connectivity index (χ3v) is 6.96. The van der Waals surface area contributed by atoms with E-state index in [0.717, 1.165) is 35.3 Å². The number of rotatable bonds is 6. The van der Waals surface area contributed by atoms with E-state index in [0.29, 0.717) is 30.6 Å². The van der Waals surface area contributed by atoms with Gasteiger partial charge >= 0.3 is 0 Å². The lowest BCUT2D eigenvalue weighted by Gasteiger charge is -2.28. The number of hydrogen-bond acceptors (Lipinski definition) is 3. The summed E-state index contributed by atoms with van der Waals surface area (Å²) in [5.41, 5.74) is 5.30. The predicted octanol–water partition coefficient (Wildman–Crippen LogP) is 4.08. The Hall–Kier alpha value is -3.41. The number of piperidine rings is 1. The fraction of sp³-hybridized carbons (Fsp3) is 0.370. The van der Waals surface area contributed by atoms with Crippen molar-refractivity contribution in [1.29, 1.82) is 0 Å². The lowest BCUT2D eigenvalue weighted by molar-refractivity contribution is 0.0695. The monoisotopic (exact) mass is 442 g/mol. The maximum atomic E-state index is 13.7.